The molecule has 0 unspecified atom stereocenters. The van der Waals surface area contributed by atoms with E-state index in [1.54, 1.807) is 0 Å². The summed E-state index contributed by atoms with van der Waals surface area (Å²) in [5, 5.41) is 7.43. The van der Waals surface area contributed by atoms with Gasteiger partial charge in [-0.2, -0.15) is 0 Å². The summed E-state index contributed by atoms with van der Waals surface area (Å²) in [4.78, 5) is 28.7. The van der Waals surface area contributed by atoms with Crippen LogP contribution < -0.4 is 10.6 Å². The van der Waals surface area contributed by atoms with E-state index in [4.69, 9.17) is 0 Å². The van der Waals surface area contributed by atoms with Gasteiger partial charge in [-0.25, -0.2) is 9.37 Å². The summed E-state index contributed by atoms with van der Waals surface area (Å²) in [7, 11) is 0. The highest BCUT2D eigenvalue weighted by Gasteiger charge is 2.11. The summed E-state index contributed by atoms with van der Waals surface area (Å²) < 4.78 is 13.6. The first-order valence-electron chi connectivity index (χ1n) is 8.89. The number of anilines is 2. The maximum Gasteiger partial charge on any atom is 0.234 e. The maximum absolute atomic E-state index is 12.9. The first-order valence-corrected chi connectivity index (χ1v) is 10.8. The minimum absolute atomic E-state index is 0.132. The Morgan fingerprint density at radius 2 is 1.83 bits per heavy atom. The predicted molar refractivity (Wildman–Crippen MR) is 116 cm³/mol. The number of amides is 2. The number of halogens is 1. The fourth-order valence-electron chi connectivity index (χ4n) is 2.61. The lowest BCUT2D eigenvalue weighted by Gasteiger charge is -2.08. The number of aromatic nitrogens is 1. The molecular weight excluding hydrogens is 409 g/mol. The quantitative estimate of drug-likeness (QED) is 0.529. The van der Waals surface area contributed by atoms with E-state index in [-0.39, 0.29) is 29.8 Å². The smallest absolute Gasteiger partial charge is 0.234 e. The number of carbonyl (C=O) groups excluding carboxylic acids is 2. The second kappa shape index (κ2) is 9.67. The van der Waals surface area contributed by atoms with Gasteiger partial charge >= 0.3 is 0 Å². The van der Waals surface area contributed by atoms with Crippen molar-refractivity contribution in [1.29, 1.82) is 0 Å². The molecule has 150 valence electrons. The molecule has 0 atom stereocenters. The molecule has 2 N–H and O–H groups in total. The first-order chi connectivity index (χ1) is 13.9. The van der Waals surface area contributed by atoms with E-state index in [9.17, 15) is 14.0 Å². The van der Waals surface area contributed by atoms with E-state index in [0.29, 0.717) is 15.7 Å². The molecule has 0 radical (unpaired) electrons. The third kappa shape index (κ3) is 6.40. The highest BCUT2D eigenvalue weighted by atomic mass is 32.2. The van der Waals surface area contributed by atoms with Gasteiger partial charge in [-0.05, 0) is 49.7 Å². The second-order valence-corrected chi connectivity index (χ2v) is 8.57. The Morgan fingerprint density at radius 1 is 1.07 bits per heavy atom. The zero-order valence-electron chi connectivity index (χ0n) is 16.0. The van der Waals surface area contributed by atoms with Gasteiger partial charge in [-0.1, -0.05) is 29.5 Å². The number of carbonyl (C=O) groups is 2. The summed E-state index contributed by atoms with van der Waals surface area (Å²) in [6.45, 7) is 3.96. The normalized spacial score (nSPS) is 10.6. The molecule has 8 heteroatoms. The Morgan fingerprint density at radius 3 is 2.55 bits per heavy atom. The van der Waals surface area contributed by atoms with Crippen LogP contribution in [0.3, 0.4) is 0 Å². The molecule has 2 amide bonds. The summed E-state index contributed by atoms with van der Waals surface area (Å²) in [5.74, 6) is -0.507. The fourth-order valence-corrected chi connectivity index (χ4v) is 4.25. The van der Waals surface area contributed by atoms with Crippen molar-refractivity contribution >= 4 is 46.3 Å². The molecule has 0 aliphatic carbocycles. The number of hydrogen-bond donors (Lipinski definition) is 2. The molecule has 0 aliphatic rings. The lowest BCUT2D eigenvalue weighted by Crippen LogP contribution is -2.15. The number of thiazole rings is 1. The van der Waals surface area contributed by atoms with Gasteiger partial charge in [0, 0.05) is 16.8 Å². The van der Waals surface area contributed by atoms with E-state index in [2.05, 4.69) is 15.6 Å². The molecule has 5 nitrogen and oxygen atoms in total. The van der Waals surface area contributed by atoms with Gasteiger partial charge in [-0.3, -0.25) is 9.59 Å². The lowest BCUT2D eigenvalue weighted by molar-refractivity contribution is -0.116. The van der Waals surface area contributed by atoms with Crippen LogP contribution in [-0.2, 0) is 16.0 Å². The zero-order chi connectivity index (χ0) is 20.8. The van der Waals surface area contributed by atoms with Gasteiger partial charge in [0.05, 0.1) is 17.9 Å². The van der Waals surface area contributed by atoms with Crippen molar-refractivity contribution in [3.8, 4) is 0 Å². The minimum Gasteiger partial charge on any atom is -0.326 e. The van der Waals surface area contributed by atoms with Gasteiger partial charge < -0.3 is 10.6 Å². The van der Waals surface area contributed by atoms with Gasteiger partial charge in [0.25, 0.3) is 0 Å². The molecule has 1 aromatic heterocycles. The monoisotopic (exact) mass is 429 g/mol. The molecule has 2 aromatic carbocycles. The molecular formula is C21H20FN3O2S2. The third-order valence-corrected chi connectivity index (χ3v) is 6.05. The number of nitrogens with one attached hydrogen (secondary N) is 2. The van der Waals surface area contributed by atoms with E-state index < -0.39 is 0 Å². The number of benzene rings is 2. The summed E-state index contributed by atoms with van der Waals surface area (Å²) in [6.07, 6.45) is 0.173. The van der Waals surface area contributed by atoms with Crippen molar-refractivity contribution < 1.29 is 14.0 Å². The zero-order valence-corrected chi connectivity index (χ0v) is 17.6. The van der Waals surface area contributed by atoms with E-state index >= 15 is 0 Å². The minimum atomic E-state index is -0.353. The number of rotatable bonds is 7. The summed E-state index contributed by atoms with van der Waals surface area (Å²) in [5.41, 5.74) is 4.16. The van der Waals surface area contributed by atoms with E-state index in [1.165, 1.54) is 47.4 Å². The van der Waals surface area contributed by atoms with Crippen molar-refractivity contribution in [3.05, 3.63) is 70.5 Å². The number of nitrogens with zero attached hydrogens (tertiary/aromatic N) is 1. The van der Waals surface area contributed by atoms with Crippen LogP contribution in [0.4, 0.5) is 15.8 Å². The Kier molecular flexibility index (Phi) is 7.00. The fraction of sp³-hybridized carbons (Fsp3) is 0.190. The highest BCUT2D eigenvalue weighted by molar-refractivity contribution is 8.01. The maximum atomic E-state index is 12.9. The predicted octanol–water partition coefficient (Wildman–Crippen LogP) is 4.81. The van der Waals surface area contributed by atoms with Crippen molar-refractivity contribution in [1.82, 2.24) is 4.98 Å². The van der Waals surface area contributed by atoms with Crippen LogP contribution in [0.1, 0.15) is 16.8 Å². The first kappa shape index (κ1) is 21.0. The topological polar surface area (TPSA) is 71.1 Å². The SMILES string of the molecule is Cc1ccc(NC(=O)Cc2csc(SCC(=O)Nc3ccc(F)cc3)n2)c(C)c1. The average Bonchev–Trinajstić information content (AvgIpc) is 3.11. The van der Waals surface area contributed by atoms with Crippen LogP contribution >= 0.6 is 23.1 Å². The number of hydrogen-bond acceptors (Lipinski definition) is 5. The van der Waals surface area contributed by atoms with Crippen LogP contribution in [0.15, 0.2) is 52.2 Å². The van der Waals surface area contributed by atoms with Gasteiger partial charge in [-0.15, -0.1) is 11.3 Å². The van der Waals surface area contributed by atoms with Crippen molar-refractivity contribution in [3.63, 3.8) is 0 Å². The molecule has 0 bridgehead atoms. The molecule has 3 rings (SSSR count). The molecule has 0 spiro atoms. The molecule has 0 fully saturated rings. The third-order valence-electron chi connectivity index (χ3n) is 3.98. The largest absolute Gasteiger partial charge is 0.326 e. The van der Waals surface area contributed by atoms with E-state index in [1.807, 2.05) is 37.4 Å². The van der Waals surface area contributed by atoms with Gasteiger partial charge in [0.1, 0.15) is 5.82 Å². The van der Waals surface area contributed by atoms with Crippen molar-refractivity contribution in [2.24, 2.45) is 0 Å². The standard InChI is InChI=1S/C21H20FN3O2S2/c1-13-3-8-18(14(2)9-13)25-19(26)10-17-11-28-21(24-17)29-12-20(27)23-16-6-4-15(22)5-7-16/h3-9,11H,10,12H2,1-2H3,(H,23,27)(H,25,26). The molecule has 0 saturated carbocycles. The average molecular weight is 430 g/mol. The van der Waals surface area contributed by atoms with Crippen LogP contribution in [0.2, 0.25) is 0 Å². The molecule has 3 aromatic rings. The van der Waals surface area contributed by atoms with Crippen molar-refractivity contribution in [2.45, 2.75) is 24.6 Å². The number of thioether (sulfide) groups is 1. The van der Waals surface area contributed by atoms with Crippen LogP contribution in [0.5, 0.6) is 0 Å². The molecule has 0 saturated heterocycles. The van der Waals surface area contributed by atoms with E-state index in [0.717, 1.165) is 16.8 Å². The molecule has 0 aliphatic heterocycles. The Labute approximate surface area is 176 Å². The molecule has 29 heavy (non-hydrogen) atoms. The molecule has 1 heterocycles. The highest BCUT2D eigenvalue weighted by Crippen LogP contribution is 2.24. The van der Waals surface area contributed by atoms with Crippen molar-refractivity contribution in [2.75, 3.05) is 16.4 Å². The Bertz CT molecular complexity index is 1020. The lowest BCUT2D eigenvalue weighted by atomic mass is 10.1. The second-order valence-electron chi connectivity index (χ2n) is 6.49. The summed E-state index contributed by atoms with van der Waals surface area (Å²) in [6, 6.07) is 11.5. The van der Waals surface area contributed by atoms with Gasteiger partial charge in [0.15, 0.2) is 4.34 Å². The Hall–Kier alpha value is -2.71. The summed E-state index contributed by atoms with van der Waals surface area (Å²) >= 11 is 2.69. The van der Waals surface area contributed by atoms with Crippen LogP contribution in [0.25, 0.3) is 0 Å². The Balaban J connectivity index is 1.48. The van der Waals surface area contributed by atoms with Crippen LogP contribution in [0, 0.1) is 19.7 Å². The number of aryl methyl sites for hydroxylation is 2. The van der Waals surface area contributed by atoms with Crippen LogP contribution in [-0.4, -0.2) is 22.6 Å². The van der Waals surface area contributed by atoms with Gasteiger partial charge in [0.2, 0.25) is 11.8 Å².